The van der Waals surface area contributed by atoms with Crippen LogP contribution in [0.4, 0.5) is 5.69 Å². The molecular weight excluding hydrogens is 328 g/mol. The molecule has 1 aromatic carbocycles. The lowest BCUT2D eigenvalue weighted by Gasteiger charge is -2.09. The Labute approximate surface area is 142 Å². The smallest absolute Gasteiger partial charge is 0.248 e. The van der Waals surface area contributed by atoms with Gasteiger partial charge in [-0.2, -0.15) is 0 Å². The van der Waals surface area contributed by atoms with Gasteiger partial charge in [-0.15, -0.1) is 0 Å². The highest BCUT2D eigenvalue weighted by atomic mass is 35.5. The number of amides is 1. The van der Waals surface area contributed by atoms with Crippen molar-refractivity contribution in [1.29, 1.82) is 0 Å². The van der Waals surface area contributed by atoms with E-state index in [-0.39, 0.29) is 18.0 Å². The molecule has 0 atom stereocenters. The van der Waals surface area contributed by atoms with Crippen LogP contribution in [0.2, 0.25) is 5.02 Å². The Morgan fingerprint density at radius 1 is 1.17 bits per heavy atom. The maximum absolute atomic E-state index is 12.0. The number of pyridine rings is 2. The molecule has 7 heteroatoms. The van der Waals surface area contributed by atoms with E-state index >= 15 is 0 Å². The molecule has 0 saturated heterocycles. The molecule has 24 heavy (non-hydrogen) atoms. The molecule has 3 rings (SSSR count). The molecule has 0 saturated carbocycles. The van der Waals surface area contributed by atoms with E-state index in [9.17, 15) is 9.59 Å². The van der Waals surface area contributed by atoms with Crippen LogP contribution in [0.1, 0.15) is 5.56 Å². The van der Waals surface area contributed by atoms with E-state index in [1.165, 1.54) is 6.07 Å². The monoisotopic (exact) mass is 342 g/mol. The van der Waals surface area contributed by atoms with Crippen molar-refractivity contribution < 1.29 is 4.79 Å². The first-order valence-electron chi connectivity index (χ1n) is 7.33. The van der Waals surface area contributed by atoms with Crippen LogP contribution in [0.5, 0.6) is 0 Å². The Morgan fingerprint density at radius 3 is 2.75 bits per heavy atom. The maximum atomic E-state index is 12.0. The Balaban J connectivity index is 1.64. The van der Waals surface area contributed by atoms with Gasteiger partial charge in [-0.25, -0.2) is 0 Å². The van der Waals surface area contributed by atoms with E-state index in [4.69, 9.17) is 11.6 Å². The van der Waals surface area contributed by atoms with Gasteiger partial charge < -0.3 is 15.6 Å². The fourth-order valence-electron chi connectivity index (χ4n) is 2.30. The second kappa shape index (κ2) is 7.25. The topological polar surface area (TPSA) is 86.9 Å². The van der Waals surface area contributed by atoms with Gasteiger partial charge in [-0.1, -0.05) is 11.6 Å². The number of H-pyrrole nitrogens is 1. The lowest BCUT2D eigenvalue weighted by atomic mass is 10.1. The second-order valence-electron chi connectivity index (χ2n) is 5.27. The summed E-state index contributed by atoms with van der Waals surface area (Å²) in [7, 11) is 0. The summed E-state index contributed by atoms with van der Waals surface area (Å²) in [6.07, 6.45) is 4.99. The highest BCUT2D eigenvalue weighted by Gasteiger charge is 2.08. The predicted octanol–water partition coefficient (Wildman–Crippen LogP) is 2.30. The van der Waals surface area contributed by atoms with Gasteiger partial charge in [0, 0.05) is 31.2 Å². The fourth-order valence-corrected chi connectivity index (χ4v) is 2.52. The number of aromatic nitrogens is 2. The van der Waals surface area contributed by atoms with Gasteiger partial charge in [0.1, 0.15) is 0 Å². The minimum atomic E-state index is -0.213. The Bertz CT molecular complexity index is 925. The quantitative estimate of drug-likeness (QED) is 0.664. The van der Waals surface area contributed by atoms with E-state index in [0.717, 1.165) is 10.9 Å². The molecule has 0 aliphatic heterocycles. The van der Waals surface area contributed by atoms with Crippen molar-refractivity contribution in [3.8, 4) is 0 Å². The molecule has 122 valence electrons. The van der Waals surface area contributed by atoms with Crippen LogP contribution in [0.15, 0.2) is 53.7 Å². The third-order valence-electron chi connectivity index (χ3n) is 3.47. The molecule has 1 amide bonds. The van der Waals surface area contributed by atoms with Crippen LogP contribution in [0, 0.1) is 0 Å². The molecule has 0 aliphatic carbocycles. The minimum Gasteiger partial charge on any atom is -0.328 e. The molecule has 0 unspecified atom stereocenters. The third-order valence-corrected chi connectivity index (χ3v) is 3.78. The second-order valence-corrected chi connectivity index (χ2v) is 5.67. The number of nitrogens with zero attached hydrogens (tertiary/aromatic N) is 1. The van der Waals surface area contributed by atoms with Crippen LogP contribution < -0.4 is 16.2 Å². The number of hydrogen-bond acceptors (Lipinski definition) is 4. The number of halogens is 1. The number of aromatic amines is 1. The van der Waals surface area contributed by atoms with Crippen LogP contribution in [0.3, 0.4) is 0 Å². The number of carbonyl (C=O) groups excluding carboxylic acids is 1. The summed E-state index contributed by atoms with van der Waals surface area (Å²) in [5.74, 6) is -0.213. The number of anilines is 1. The van der Waals surface area contributed by atoms with Gasteiger partial charge in [0.25, 0.3) is 0 Å². The van der Waals surface area contributed by atoms with Crippen molar-refractivity contribution in [2.45, 2.75) is 6.54 Å². The summed E-state index contributed by atoms with van der Waals surface area (Å²) in [4.78, 5) is 30.0. The lowest BCUT2D eigenvalue weighted by molar-refractivity contribution is -0.115. The molecule has 3 aromatic rings. The molecule has 0 aliphatic rings. The molecule has 0 bridgehead atoms. The SMILES string of the molecule is O=C(CNCc1ccncc1)Nc1cc2cc(=O)[nH]cc2cc1Cl. The van der Waals surface area contributed by atoms with Crippen molar-refractivity contribution in [3.05, 3.63) is 69.9 Å². The summed E-state index contributed by atoms with van der Waals surface area (Å²) in [5, 5.41) is 7.72. The molecule has 2 aromatic heterocycles. The summed E-state index contributed by atoms with van der Waals surface area (Å²) in [5.41, 5.74) is 1.31. The number of benzene rings is 1. The number of carbonyl (C=O) groups is 1. The average Bonchev–Trinajstić information content (AvgIpc) is 2.57. The third kappa shape index (κ3) is 3.98. The Morgan fingerprint density at radius 2 is 1.96 bits per heavy atom. The van der Waals surface area contributed by atoms with Crippen LogP contribution in [-0.2, 0) is 11.3 Å². The molecule has 6 nitrogen and oxygen atoms in total. The molecule has 2 heterocycles. The zero-order chi connectivity index (χ0) is 16.9. The van der Waals surface area contributed by atoms with Crippen LogP contribution in [0.25, 0.3) is 10.8 Å². The number of fused-ring (bicyclic) bond motifs is 1. The Hall–Kier alpha value is -2.70. The molecule has 3 N–H and O–H groups in total. The van der Waals surface area contributed by atoms with Crippen LogP contribution in [-0.4, -0.2) is 22.4 Å². The number of rotatable bonds is 5. The average molecular weight is 343 g/mol. The lowest BCUT2D eigenvalue weighted by Crippen LogP contribution is -2.27. The molecule has 0 spiro atoms. The van der Waals surface area contributed by atoms with E-state index in [2.05, 4.69) is 20.6 Å². The summed E-state index contributed by atoms with van der Waals surface area (Å²) >= 11 is 6.18. The van der Waals surface area contributed by atoms with Gasteiger partial charge >= 0.3 is 0 Å². The highest BCUT2D eigenvalue weighted by molar-refractivity contribution is 6.34. The van der Waals surface area contributed by atoms with Crippen molar-refractivity contribution >= 4 is 34.0 Å². The van der Waals surface area contributed by atoms with Gasteiger partial charge in [0.05, 0.1) is 17.3 Å². The maximum Gasteiger partial charge on any atom is 0.248 e. The van der Waals surface area contributed by atoms with E-state index in [0.29, 0.717) is 22.6 Å². The van der Waals surface area contributed by atoms with Gasteiger partial charge in [-0.3, -0.25) is 14.6 Å². The van der Waals surface area contributed by atoms with Crippen molar-refractivity contribution in [1.82, 2.24) is 15.3 Å². The van der Waals surface area contributed by atoms with E-state index < -0.39 is 0 Å². The fraction of sp³-hybridized carbons (Fsp3) is 0.118. The van der Waals surface area contributed by atoms with Crippen molar-refractivity contribution in [3.63, 3.8) is 0 Å². The zero-order valence-corrected chi connectivity index (χ0v) is 13.4. The van der Waals surface area contributed by atoms with Crippen molar-refractivity contribution in [2.75, 3.05) is 11.9 Å². The van der Waals surface area contributed by atoms with Crippen LogP contribution >= 0.6 is 11.6 Å². The first-order valence-corrected chi connectivity index (χ1v) is 7.71. The van der Waals surface area contributed by atoms with Crippen molar-refractivity contribution in [2.24, 2.45) is 0 Å². The molecular formula is C17H15ClN4O2. The Kier molecular flexibility index (Phi) is 4.88. The standard InChI is InChI=1S/C17H15ClN4O2/c18-14-5-13-9-21-16(23)7-12(13)6-15(14)22-17(24)10-20-8-11-1-3-19-4-2-11/h1-7,9,20H,8,10H2,(H,21,23)(H,22,24). The zero-order valence-electron chi connectivity index (χ0n) is 12.7. The number of hydrogen-bond donors (Lipinski definition) is 3. The molecule has 0 fully saturated rings. The van der Waals surface area contributed by atoms with Gasteiger partial charge in [-0.05, 0) is 40.6 Å². The molecule has 0 radical (unpaired) electrons. The summed E-state index contributed by atoms with van der Waals surface area (Å²) in [6.45, 7) is 0.711. The first kappa shape index (κ1) is 16.2. The first-order chi connectivity index (χ1) is 11.6. The largest absolute Gasteiger partial charge is 0.328 e. The van der Waals surface area contributed by atoms with Gasteiger partial charge in [0.2, 0.25) is 11.5 Å². The minimum absolute atomic E-state index is 0.145. The van der Waals surface area contributed by atoms with Gasteiger partial charge in [0.15, 0.2) is 0 Å². The predicted molar refractivity (Wildman–Crippen MR) is 94.2 cm³/mol. The highest BCUT2D eigenvalue weighted by Crippen LogP contribution is 2.27. The van der Waals surface area contributed by atoms with E-state index in [1.54, 1.807) is 30.7 Å². The number of nitrogens with one attached hydrogen (secondary N) is 3. The normalized spacial score (nSPS) is 10.7. The summed E-state index contributed by atoms with van der Waals surface area (Å²) < 4.78 is 0. The van der Waals surface area contributed by atoms with E-state index in [1.807, 2.05) is 12.1 Å². The summed E-state index contributed by atoms with van der Waals surface area (Å²) in [6, 6.07) is 8.61.